The van der Waals surface area contributed by atoms with Crippen LogP contribution in [-0.2, 0) is 7.05 Å². The minimum Gasteiger partial charge on any atom is -0.368 e. The molecular formula is C12H11N5. The first kappa shape index (κ1) is 9.77. The van der Waals surface area contributed by atoms with Gasteiger partial charge in [-0.25, -0.2) is 15.0 Å². The standard InChI is InChI=1S/C12H11N5/c1-17-5-3-8-6-9(7-15-11(8)17)10-2-4-14-12(13)16-10/h2-7H,1H3,(H2,13,14,16). The minimum absolute atomic E-state index is 0.274. The second-order valence-corrected chi connectivity index (χ2v) is 3.86. The normalized spacial score (nSPS) is 10.9. The van der Waals surface area contributed by atoms with Gasteiger partial charge in [0, 0.05) is 36.6 Å². The summed E-state index contributed by atoms with van der Waals surface area (Å²) in [4.78, 5) is 12.5. The van der Waals surface area contributed by atoms with Crippen LogP contribution in [0.5, 0.6) is 0 Å². The lowest BCUT2D eigenvalue weighted by Crippen LogP contribution is -1.95. The van der Waals surface area contributed by atoms with E-state index in [0.29, 0.717) is 0 Å². The molecule has 0 saturated carbocycles. The van der Waals surface area contributed by atoms with Gasteiger partial charge >= 0.3 is 0 Å². The number of rotatable bonds is 1. The minimum atomic E-state index is 0.274. The molecule has 5 heteroatoms. The van der Waals surface area contributed by atoms with E-state index in [0.717, 1.165) is 22.3 Å². The third kappa shape index (κ3) is 1.61. The van der Waals surface area contributed by atoms with Crippen LogP contribution in [-0.4, -0.2) is 19.5 Å². The Morgan fingerprint density at radius 1 is 1.24 bits per heavy atom. The summed E-state index contributed by atoms with van der Waals surface area (Å²) in [6.45, 7) is 0. The van der Waals surface area contributed by atoms with E-state index in [9.17, 15) is 0 Å². The SMILES string of the molecule is Cn1ccc2cc(-c3ccnc(N)n3)cnc21. The van der Waals surface area contributed by atoms with Crippen LogP contribution < -0.4 is 5.73 Å². The summed E-state index contributed by atoms with van der Waals surface area (Å²) in [5.41, 5.74) is 8.25. The Kier molecular flexibility index (Phi) is 2.04. The van der Waals surface area contributed by atoms with Crippen molar-refractivity contribution in [2.45, 2.75) is 0 Å². The van der Waals surface area contributed by atoms with Gasteiger partial charge < -0.3 is 10.3 Å². The molecule has 0 aliphatic heterocycles. The Labute approximate surface area is 98.0 Å². The molecule has 0 unspecified atom stereocenters. The zero-order valence-corrected chi connectivity index (χ0v) is 9.33. The van der Waals surface area contributed by atoms with E-state index in [1.807, 2.05) is 36.0 Å². The Hall–Kier alpha value is -2.43. The average Bonchev–Trinajstić information content (AvgIpc) is 2.71. The van der Waals surface area contributed by atoms with Crippen molar-refractivity contribution in [3.8, 4) is 11.3 Å². The first-order valence-corrected chi connectivity index (χ1v) is 5.24. The highest BCUT2D eigenvalue weighted by molar-refractivity contribution is 5.81. The summed E-state index contributed by atoms with van der Waals surface area (Å²) in [7, 11) is 1.97. The fourth-order valence-electron chi connectivity index (χ4n) is 1.83. The lowest BCUT2D eigenvalue weighted by molar-refractivity contribution is 0.948. The Morgan fingerprint density at radius 2 is 2.12 bits per heavy atom. The van der Waals surface area contributed by atoms with Gasteiger partial charge in [-0.15, -0.1) is 0 Å². The number of fused-ring (bicyclic) bond motifs is 1. The van der Waals surface area contributed by atoms with Crippen LogP contribution >= 0.6 is 0 Å². The van der Waals surface area contributed by atoms with Crippen LogP contribution in [0.1, 0.15) is 0 Å². The van der Waals surface area contributed by atoms with Crippen molar-refractivity contribution >= 4 is 17.0 Å². The molecule has 0 saturated heterocycles. The quantitative estimate of drug-likeness (QED) is 0.683. The lowest BCUT2D eigenvalue weighted by Gasteiger charge is -2.01. The number of hydrogen-bond donors (Lipinski definition) is 1. The van der Waals surface area contributed by atoms with Gasteiger partial charge in [-0.3, -0.25) is 0 Å². The van der Waals surface area contributed by atoms with Crippen LogP contribution in [0.2, 0.25) is 0 Å². The number of nitrogens with zero attached hydrogens (tertiary/aromatic N) is 4. The van der Waals surface area contributed by atoms with Crippen molar-refractivity contribution in [2.24, 2.45) is 7.05 Å². The highest BCUT2D eigenvalue weighted by Gasteiger charge is 2.04. The number of nitrogen functional groups attached to an aromatic ring is 1. The van der Waals surface area contributed by atoms with Crippen molar-refractivity contribution in [1.29, 1.82) is 0 Å². The van der Waals surface area contributed by atoms with Crippen molar-refractivity contribution in [3.63, 3.8) is 0 Å². The fourth-order valence-corrected chi connectivity index (χ4v) is 1.83. The molecule has 0 aliphatic rings. The van der Waals surface area contributed by atoms with Gasteiger partial charge in [0.1, 0.15) is 5.65 Å². The zero-order valence-electron chi connectivity index (χ0n) is 9.33. The smallest absolute Gasteiger partial charge is 0.220 e. The molecule has 2 N–H and O–H groups in total. The van der Waals surface area contributed by atoms with Gasteiger partial charge in [0.05, 0.1) is 5.69 Å². The predicted octanol–water partition coefficient (Wildman–Crippen LogP) is 1.61. The largest absolute Gasteiger partial charge is 0.368 e. The van der Waals surface area contributed by atoms with E-state index in [-0.39, 0.29) is 5.95 Å². The molecule has 5 nitrogen and oxygen atoms in total. The van der Waals surface area contributed by atoms with Crippen molar-refractivity contribution in [2.75, 3.05) is 5.73 Å². The van der Waals surface area contributed by atoms with E-state index in [1.165, 1.54) is 0 Å². The average molecular weight is 225 g/mol. The molecule has 17 heavy (non-hydrogen) atoms. The highest BCUT2D eigenvalue weighted by Crippen LogP contribution is 2.21. The number of aryl methyl sites for hydroxylation is 1. The molecule has 3 aromatic heterocycles. The van der Waals surface area contributed by atoms with Gasteiger partial charge in [0.2, 0.25) is 5.95 Å². The number of hydrogen-bond acceptors (Lipinski definition) is 4. The molecule has 3 aromatic rings. The molecule has 3 rings (SSSR count). The highest BCUT2D eigenvalue weighted by atomic mass is 15.0. The molecule has 0 radical (unpaired) electrons. The van der Waals surface area contributed by atoms with Gasteiger partial charge in [-0.1, -0.05) is 0 Å². The van der Waals surface area contributed by atoms with Crippen LogP contribution in [0.25, 0.3) is 22.3 Å². The van der Waals surface area contributed by atoms with Gasteiger partial charge in [0.25, 0.3) is 0 Å². The third-order valence-electron chi connectivity index (χ3n) is 2.68. The molecule has 0 amide bonds. The molecule has 3 heterocycles. The molecule has 0 bridgehead atoms. The van der Waals surface area contributed by atoms with E-state index in [1.54, 1.807) is 12.4 Å². The van der Waals surface area contributed by atoms with Crippen molar-refractivity contribution < 1.29 is 0 Å². The maximum absolute atomic E-state index is 5.57. The summed E-state index contributed by atoms with van der Waals surface area (Å²) < 4.78 is 1.98. The molecule has 0 atom stereocenters. The maximum atomic E-state index is 5.57. The van der Waals surface area contributed by atoms with Crippen LogP contribution in [0.3, 0.4) is 0 Å². The summed E-state index contributed by atoms with van der Waals surface area (Å²) in [6.07, 6.45) is 5.42. The second-order valence-electron chi connectivity index (χ2n) is 3.86. The van der Waals surface area contributed by atoms with Gasteiger partial charge in [-0.2, -0.15) is 0 Å². The molecule has 0 spiro atoms. The topological polar surface area (TPSA) is 69.6 Å². The van der Waals surface area contributed by atoms with Crippen molar-refractivity contribution in [1.82, 2.24) is 19.5 Å². The third-order valence-corrected chi connectivity index (χ3v) is 2.68. The van der Waals surface area contributed by atoms with Crippen LogP contribution in [0.15, 0.2) is 36.8 Å². The van der Waals surface area contributed by atoms with Crippen LogP contribution in [0.4, 0.5) is 5.95 Å². The Bertz CT molecular complexity index is 686. The van der Waals surface area contributed by atoms with Crippen LogP contribution in [0, 0.1) is 0 Å². The summed E-state index contributed by atoms with van der Waals surface area (Å²) in [5.74, 6) is 0.274. The van der Waals surface area contributed by atoms with Gasteiger partial charge in [-0.05, 0) is 18.2 Å². The molecule has 0 aromatic carbocycles. The maximum Gasteiger partial charge on any atom is 0.220 e. The number of anilines is 1. The number of pyridine rings is 1. The number of nitrogens with two attached hydrogens (primary N) is 1. The zero-order chi connectivity index (χ0) is 11.8. The first-order chi connectivity index (χ1) is 8.24. The molecular weight excluding hydrogens is 214 g/mol. The Morgan fingerprint density at radius 3 is 2.94 bits per heavy atom. The first-order valence-electron chi connectivity index (χ1n) is 5.24. The molecule has 0 fully saturated rings. The molecule has 84 valence electrons. The van der Waals surface area contributed by atoms with E-state index in [4.69, 9.17) is 5.73 Å². The number of aromatic nitrogens is 4. The fraction of sp³-hybridized carbons (Fsp3) is 0.0833. The van der Waals surface area contributed by atoms with Gasteiger partial charge in [0.15, 0.2) is 0 Å². The summed E-state index contributed by atoms with van der Waals surface area (Å²) in [6, 6.07) is 5.89. The second kappa shape index (κ2) is 3.55. The van der Waals surface area contributed by atoms with E-state index >= 15 is 0 Å². The summed E-state index contributed by atoms with van der Waals surface area (Å²) >= 11 is 0. The molecule has 0 aliphatic carbocycles. The summed E-state index contributed by atoms with van der Waals surface area (Å²) in [5, 5.41) is 1.09. The van der Waals surface area contributed by atoms with E-state index < -0.39 is 0 Å². The predicted molar refractivity (Wildman–Crippen MR) is 66.2 cm³/mol. The Balaban J connectivity index is 2.18. The lowest BCUT2D eigenvalue weighted by atomic mass is 10.2. The monoisotopic (exact) mass is 225 g/mol. The van der Waals surface area contributed by atoms with Crippen molar-refractivity contribution in [3.05, 3.63) is 36.8 Å². The van der Waals surface area contributed by atoms with E-state index in [2.05, 4.69) is 15.0 Å².